The van der Waals surface area contributed by atoms with E-state index in [0.29, 0.717) is 6.42 Å². The molecule has 20 heavy (non-hydrogen) atoms. The van der Waals surface area contributed by atoms with E-state index >= 15 is 0 Å². The lowest BCUT2D eigenvalue weighted by molar-refractivity contribution is 0.601. The van der Waals surface area contributed by atoms with Crippen molar-refractivity contribution in [3.05, 3.63) is 61.2 Å². The summed E-state index contributed by atoms with van der Waals surface area (Å²) in [6, 6.07) is 10.9. The van der Waals surface area contributed by atoms with Crippen molar-refractivity contribution in [1.29, 1.82) is 0 Å². The van der Waals surface area contributed by atoms with Gasteiger partial charge in [-0.1, -0.05) is 34.1 Å². The Morgan fingerprint density at radius 3 is 2.30 bits per heavy atom. The Morgan fingerprint density at radius 2 is 1.70 bits per heavy atom. The lowest BCUT2D eigenvalue weighted by Gasteiger charge is -2.18. The van der Waals surface area contributed by atoms with Crippen molar-refractivity contribution < 1.29 is 4.39 Å². The summed E-state index contributed by atoms with van der Waals surface area (Å²) in [6.45, 7) is 2.04. The van der Waals surface area contributed by atoms with Gasteiger partial charge in [-0.05, 0) is 69.0 Å². The fourth-order valence-electron chi connectivity index (χ4n) is 1.97. The topological polar surface area (TPSA) is 12.0 Å². The number of anilines is 1. The van der Waals surface area contributed by atoms with Crippen LogP contribution in [0.3, 0.4) is 0 Å². The van der Waals surface area contributed by atoms with Crippen molar-refractivity contribution in [2.45, 2.75) is 19.4 Å². The van der Waals surface area contributed by atoms with Crippen molar-refractivity contribution in [2.24, 2.45) is 0 Å². The summed E-state index contributed by atoms with van der Waals surface area (Å²) >= 11 is 10.5. The van der Waals surface area contributed by atoms with E-state index in [2.05, 4.69) is 53.1 Å². The average molecular weight is 466 g/mol. The Kier molecular flexibility index (Phi) is 5.64. The van der Waals surface area contributed by atoms with E-state index in [4.69, 9.17) is 0 Å². The van der Waals surface area contributed by atoms with Crippen LogP contribution in [0.5, 0.6) is 0 Å². The zero-order valence-corrected chi connectivity index (χ0v) is 15.5. The third-order valence-corrected chi connectivity index (χ3v) is 4.59. The van der Waals surface area contributed by atoms with Crippen LogP contribution in [0, 0.1) is 5.82 Å². The van der Waals surface area contributed by atoms with Crippen molar-refractivity contribution in [2.75, 3.05) is 5.32 Å². The maximum atomic E-state index is 13.6. The van der Waals surface area contributed by atoms with Crippen molar-refractivity contribution >= 4 is 53.5 Å². The Hall–Kier alpha value is -0.390. The van der Waals surface area contributed by atoms with Gasteiger partial charge in [-0.15, -0.1) is 0 Å². The quantitative estimate of drug-likeness (QED) is 0.570. The van der Waals surface area contributed by atoms with Gasteiger partial charge in [-0.25, -0.2) is 4.39 Å². The minimum Gasteiger partial charge on any atom is -0.380 e. The number of rotatable bonds is 4. The minimum absolute atomic E-state index is 0.112. The second kappa shape index (κ2) is 7.05. The van der Waals surface area contributed by atoms with E-state index in [9.17, 15) is 4.39 Å². The van der Waals surface area contributed by atoms with Gasteiger partial charge < -0.3 is 5.32 Å². The fraction of sp³-hybridized carbons (Fsp3) is 0.200. The molecule has 0 aromatic heterocycles. The van der Waals surface area contributed by atoms with Crippen LogP contribution in [0.1, 0.15) is 12.5 Å². The smallest absolute Gasteiger partial charge is 0.126 e. The third-order valence-electron chi connectivity index (χ3n) is 2.88. The average Bonchev–Trinajstić information content (AvgIpc) is 2.36. The first-order valence-corrected chi connectivity index (χ1v) is 8.49. The molecule has 0 aliphatic carbocycles. The molecule has 0 radical (unpaired) electrons. The normalized spacial score (nSPS) is 12.2. The zero-order valence-electron chi connectivity index (χ0n) is 10.8. The zero-order chi connectivity index (χ0) is 14.7. The summed E-state index contributed by atoms with van der Waals surface area (Å²) in [5.74, 6) is -0.157. The summed E-state index contributed by atoms with van der Waals surface area (Å²) in [6.07, 6.45) is 0.627. The van der Waals surface area contributed by atoms with Gasteiger partial charge in [-0.2, -0.15) is 0 Å². The molecule has 0 saturated heterocycles. The summed E-state index contributed by atoms with van der Waals surface area (Å²) in [7, 11) is 0. The molecule has 0 aliphatic heterocycles. The van der Waals surface area contributed by atoms with Crippen molar-refractivity contribution in [1.82, 2.24) is 0 Å². The monoisotopic (exact) mass is 463 g/mol. The molecule has 106 valence electrons. The van der Waals surface area contributed by atoms with Gasteiger partial charge in [0, 0.05) is 19.5 Å². The number of benzene rings is 2. The van der Waals surface area contributed by atoms with Crippen molar-refractivity contribution in [3.8, 4) is 0 Å². The molecule has 5 heteroatoms. The summed E-state index contributed by atoms with van der Waals surface area (Å²) in [4.78, 5) is 0. The summed E-state index contributed by atoms with van der Waals surface area (Å²) in [5, 5.41) is 3.40. The van der Waals surface area contributed by atoms with Crippen LogP contribution in [0.25, 0.3) is 0 Å². The molecule has 0 fully saturated rings. The molecule has 1 nitrogen and oxygen atoms in total. The van der Waals surface area contributed by atoms with Crippen LogP contribution < -0.4 is 5.32 Å². The van der Waals surface area contributed by atoms with Gasteiger partial charge in [0.2, 0.25) is 0 Å². The Balaban J connectivity index is 2.13. The molecule has 0 aliphatic rings. The molecule has 0 heterocycles. The highest BCUT2D eigenvalue weighted by molar-refractivity contribution is 9.11. The number of hydrogen-bond acceptors (Lipinski definition) is 1. The van der Waals surface area contributed by atoms with Gasteiger partial charge >= 0.3 is 0 Å². The van der Waals surface area contributed by atoms with E-state index < -0.39 is 0 Å². The predicted octanol–water partition coefficient (Wildman–Crippen LogP) is 6.16. The lowest BCUT2D eigenvalue weighted by Crippen LogP contribution is -2.19. The van der Waals surface area contributed by atoms with Crippen molar-refractivity contribution in [3.63, 3.8) is 0 Å². The minimum atomic E-state index is -0.157. The number of nitrogens with one attached hydrogen (secondary N) is 1. The molecule has 1 N–H and O–H groups in total. The predicted molar refractivity (Wildman–Crippen MR) is 92.7 cm³/mol. The van der Waals surface area contributed by atoms with Gasteiger partial charge in [0.1, 0.15) is 5.82 Å². The lowest BCUT2D eigenvalue weighted by atomic mass is 10.1. The summed E-state index contributed by atoms with van der Waals surface area (Å²) < 4.78 is 16.6. The Morgan fingerprint density at radius 1 is 1.10 bits per heavy atom. The second-order valence-corrected chi connectivity index (χ2v) is 7.21. The maximum absolute atomic E-state index is 13.6. The van der Waals surface area contributed by atoms with E-state index in [1.165, 1.54) is 6.07 Å². The van der Waals surface area contributed by atoms with Gasteiger partial charge in [0.25, 0.3) is 0 Å². The van der Waals surface area contributed by atoms with Crippen LogP contribution in [0.4, 0.5) is 10.1 Å². The largest absolute Gasteiger partial charge is 0.380 e. The van der Waals surface area contributed by atoms with Crippen LogP contribution in [-0.2, 0) is 6.42 Å². The molecule has 0 spiro atoms. The first-order valence-electron chi connectivity index (χ1n) is 6.12. The molecule has 2 aromatic rings. The molecule has 2 aromatic carbocycles. The highest BCUT2D eigenvalue weighted by Gasteiger charge is 2.12. The maximum Gasteiger partial charge on any atom is 0.126 e. The molecule has 1 atom stereocenters. The first kappa shape index (κ1) is 16.0. The molecular weight excluding hydrogens is 453 g/mol. The Labute approximate surface area is 143 Å². The highest BCUT2D eigenvalue weighted by Crippen LogP contribution is 2.35. The van der Waals surface area contributed by atoms with Crippen LogP contribution in [0.2, 0.25) is 0 Å². The van der Waals surface area contributed by atoms with E-state index in [-0.39, 0.29) is 11.9 Å². The van der Waals surface area contributed by atoms with Crippen LogP contribution in [0.15, 0.2) is 49.8 Å². The number of halogens is 4. The molecule has 2 rings (SSSR count). The standard InChI is InChI=1S/C15H13Br3FN/c1-9(6-10-4-2-3-5-14(10)19)20-15-12(17)7-11(16)8-13(15)18/h2-5,7-9,20H,6H2,1H3. The molecule has 1 unspecified atom stereocenters. The first-order chi connectivity index (χ1) is 9.47. The fourth-order valence-corrected chi connectivity index (χ4v) is 4.46. The summed E-state index contributed by atoms with van der Waals surface area (Å²) in [5.41, 5.74) is 1.69. The molecule has 0 saturated carbocycles. The highest BCUT2D eigenvalue weighted by atomic mass is 79.9. The Bertz CT molecular complexity index is 593. The van der Waals surface area contributed by atoms with Crippen LogP contribution >= 0.6 is 47.8 Å². The van der Waals surface area contributed by atoms with Gasteiger partial charge in [0.05, 0.1) is 5.69 Å². The van der Waals surface area contributed by atoms with Gasteiger partial charge in [0.15, 0.2) is 0 Å². The molecule has 0 bridgehead atoms. The van der Waals surface area contributed by atoms with E-state index in [1.807, 2.05) is 31.2 Å². The van der Waals surface area contributed by atoms with E-state index in [1.54, 1.807) is 6.07 Å². The molecule has 0 amide bonds. The van der Waals surface area contributed by atoms with Gasteiger partial charge in [-0.3, -0.25) is 0 Å². The third kappa shape index (κ3) is 4.06. The SMILES string of the molecule is CC(Cc1ccccc1F)Nc1c(Br)cc(Br)cc1Br. The van der Waals surface area contributed by atoms with E-state index in [0.717, 1.165) is 24.7 Å². The second-order valence-electron chi connectivity index (χ2n) is 4.59. The number of hydrogen-bond donors (Lipinski definition) is 1. The molecular formula is C15H13Br3FN. The van der Waals surface area contributed by atoms with Crippen LogP contribution in [-0.4, -0.2) is 6.04 Å².